The van der Waals surface area contributed by atoms with Crippen molar-refractivity contribution in [3.05, 3.63) is 59.7 Å². The summed E-state index contributed by atoms with van der Waals surface area (Å²) in [7, 11) is 1.57. The third-order valence-corrected chi connectivity index (χ3v) is 5.13. The summed E-state index contributed by atoms with van der Waals surface area (Å²) < 4.78 is 10.5. The lowest BCUT2D eigenvalue weighted by Crippen LogP contribution is -2.51. The molecular formula is C27H37N3O5. The van der Waals surface area contributed by atoms with E-state index in [9.17, 15) is 14.4 Å². The first-order valence-corrected chi connectivity index (χ1v) is 11.8. The van der Waals surface area contributed by atoms with Gasteiger partial charge in [0.2, 0.25) is 5.91 Å². The molecule has 0 heterocycles. The molecule has 0 fully saturated rings. The smallest absolute Gasteiger partial charge is 0.408 e. The zero-order valence-corrected chi connectivity index (χ0v) is 21.7. The Labute approximate surface area is 208 Å². The molecular weight excluding hydrogens is 446 g/mol. The highest BCUT2D eigenvalue weighted by molar-refractivity contribution is 5.99. The van der Waals surface area contributed by atoms with Gasteiger partial charge in [0.15, 0.2) is 0 Å². The number of nitrogens with zero attached hydrogens (tertiary/aromatic N) is 1. The summed E-state index contributed by atoms with van der Waals surface area (Å²) in [5.41, 5.74) is 1.53. The summed E-state index contributed by atoms with van der Waals surface area (Å²) in [4.78, 5) is 40.9. The van der Waals surface area contributed by atoms with Gasteiger partial charge >= 0.3 is 6.09 Å². The van der Waals surface area contributed by atoms with Crippen LogP contribution in [0.15, 0.2) is 48.5 Å². The molecule has 2 N–H and O–H groups in total. The summed E-state index contributed by atoms with van der Waals surface area (Å²) in [6.07, 6.45) is -0.0622. The van der Waals surface area contributed by atoms with Crippen LogP contribution in [0, 0.1) is 6.92 Å². The Hall–Kier alpha value is -3.55. The number of anilines is 1. The van der Waals surface area contributed by atoms with E-state index in [1.807, 2.05) is 38.1 Å². The summed E-state index contributed by atoms with van der Waals surface area (Å²) in [5.74, 6) is -0.0656. The van der Waals surface area contributed by atoms with Gasteiger partial charge in [-0.1, -0.05) is 36.8 Å². The minimum atomic E-state index is -0.896. The fourth-order valence-corrected chi connectivity index (χ4v) is 3.60. The fourth-order valence-electron chi connectivity index (χ4n) is 3.60. The van der Waals surface area contributed by atoms with Crippen molar-refractivity contribution in [2.24, 2.45) is 0 Å². The third-order valence-electron chi connectivity index (χ3n) is 5.13. The van der Waals surface area contributed by atoms with E-state index in [0.29, 0.717) is 30.0 Å². The zero-order chi connectivity index (χ0) is 26.2. The minimum Gasteiger partial charge on any atom is -0.497 e. The van der Waals surface area contributed by atoms with Gasteiger partial charge in [-0.3, -0.25) is 9.59 Å². The van der Waals surface area contributed by atoms with Crippen LogP contribution in [0.3, 0.4) is 0 Å². The number of carbonyl (C=O) groups excluding carboxylic acids is 3. The monoisotopic (exact) mass is 483 g/mol. The molecule has 2 unspecified atom stereocenters. The molecule has 0 aromatic heterocycles. The van der Waals surface area contributed by atoms with Gasteiger partial charge in [0.05, 0.1) is 7.11 Å². The number of ether oxygens (including phenoxy) is 2. The number of carbonyl (C=O) groups is 3. The first kappa shape index (κ1) is 27.7. The quantitative estimate of drug-likeness (QED) is 0.532. The average molecular weight is 484 g/mol. The molecule has 0 spiro atoms. The number of benzene rings is 2. The van der Waals surface area contributed by atoms with Gasteiger partial charge < -0.3 is 25.0 Å². The second kappa shape index (κ2) is 12.2. The Balaban J connectivity index is 2.37. The van der Waals surface area contributed by atoms with Gasteiger partial charge in [0, 0.05) is 12.2 Å². The van der Waals surface area contributed by atoms with E-state index in [2.05, 4.69) is 10.6 Å². The Morgan fingerprint density at radius 1 is 1.06 bits per heavy atom. The fraction of sp³-hybridized carbons (Fsp3) is 0.444. The topological polar surface area (TPSA) is 97.0 Å². The molecule has 2 aromatic rings. The molecule has 0 saturated carbocycles. The lowest BCUT2D eigenvalue weighted by Gasteiger charge is -2.33. The number of nitrogens with one attached hydrogen (secondary N) is 2. The van der Waals surface area contributed by atoms with Crippen molar-refractivity contribution in [2.45, 2.75) is 65.6 Å². The van der Waals surface area contributed by atoms with Crippen molar-refractivity contribution in [3.63, 3.8) is 0 Å². The summed E-state index contributed by atoms with van der Waals surface area (Å²) in [6, 6.07) is 12.7. The van der Waals surface area contributed by atoms with Crippen molar-refractivity contribution in [1.29, 1.82) is 0 Å². The molecule has 2 aromatic carbocycles. The van der Waals surface area contributed by atoms with E-state index >= 15 is 0 Å². The van der Waals surface area contributed by atoms with E-state index < -0.39 is 23.8 Å². The van der Waals surface area contributed by atoms with Crippen molar-refractivity contribution >= 4 is 23.6 Å². The lowest BCUT2D eigenvalue weighted by atomic mass is 10.0. The highest BCUT2D eigenvalue weighted by Gasteiger charge is 2.34. The number of hydrogen-bond acceptors (Lipinski definition) is 5. The van der Waals surface area contributed by atoms with Crippen LogP contribution in [0.1, 0.15) is 58.2 Å². The predicted octanol–water partition coefficient (Wildman–Crippen LogP) is 4.84. The van der Waals surface area contributed by atoms with Crippen LogP contribution >= 0.6 is 0 Å². The number of alkyl carbamates (subject to hydrolysis) is 1. The van der Waals surface area contributed by atoms with E-state index in [1.54, 1.807) is 59.1 Å². The van der Waals surface area contributed by atoms with Crippen LogP contribution in [0.2, 0.25) is 0 Å². The maximum atomic E-state index is 13.6. The van der Waals surface area contributed by atoms with E-state index in [4.69, 9.17) is 9.47 Å². The molecule has 0 radical (unpaired) electrons. The molecule has 3 amide bonds. The third kappa shape index (κ3) is 8.31. The zero-order valence-electron chi connectivity index (χ0n) is 21.7. The van der Waals surface area contributed by atoms with Crippen molar-refractivity contribution < 1.29 is 23.9 Å². The molecule has 0 bridgehead atoms. The van der Waals surface area contributed by atoms with Gasteiger partial charge in [-0.05, 0) is 70.9 Å². The van der Waals surface area contributed by atoms with E-state index in [0.717, 1.165) is 5.56 Å². The first-order chi connectivity index (χ1) is 16.4. The lowest BCUT2D eigenvalue weighted by molar-refractivity contribution is -0.140. The number of amides is 3. The maximum absolute atomic E-state index is 13.6. The van der Waals surface area contributed by atoms with Crippen LogP contribution in [-0.4, -0.2) is 48.1 Å². The Kier molecular flexibility index (Phi) is 9.68. The number of methoxy groups -OCH3 is 1. The van der Waals surface area contributed by atoms with Gasteiger partial charge in [-0.25, -0.2) is 4.79 Å². The van der Waals surface area contributed by atoms with Crippen LogP contribution in [0.5, 0.6) is 5.75 Å². The summed E-state index contributed by atoms with van der Waals surface area (Å²) >= 11 is 0. The molecule has 8 nitrogen and oxygen atoms in total. The summed E-state index contributed by atoms with van der Waals surface area (Å²) in [5, 5.41) is 5.51. The molecule has 0 aliphatic carbocycles. The number of rotatable bonds is 9. The van der Waals surface area contributed by atoms with E-state index in [1.165, 1.54) is 4.90 Å². The molecule has 0 aliphatic rings. The van der Waals surface area contributed by atoms with Crippen LogP contribution in [-0.2, 0) is 14.3 Å². The maximum Gasteiger partial charge on any atom is 0.408 e. The Bertz CT molecular complexity index is 1010. The Morgan fingerprint density at radius 3 is 2.26 bits per heavy atom. The molecule has 0 saturated heterocycles. The standard InChI is InChI=1S/C27H37N3O5/c1-8-16-30(25(32)19(3)28-26(33)35-27(4,5)6)23(20-11-9-10-18(2)17-20)24(31)29-21-12-14-22(34-7)15-13-21/h9-15,17,19,23H,8,16H2,1-7H3,(H,28,33)(H,29,31). The van der Waals surface area contributed by atoms with Crippen LogP contribution in [0.4, 0.5) is 10.5 Å². The second-order valence-electron chi connectivity index (χ2n) is 9.43. The molecule has 0 aliphatic heterocycles. The molecule has 2 rings (SSSR count). The van der Waals surface area contributed by atoms with Crippen molar-refractivity contribution in [1.82, 2.24) is 10.2 Å². The number of aryl methyl sites for hydroxylation is 1. The SMILES string of the molecule is CCCN(C(=O)C(C)NC(=O)OC(C)(C)C)C(C(=O)Nc1ccc(OC)cc1)c1cccc(C)c1. The van der Waals surface area contributed by atoms with Gasteiger partial charge in [-0.15, -0.1) is 0 Å². The van der Waals surface area contributed by atoms with Crippen molar-refractivity contribution in [3.8, 4) is 5.75 Å². The van der Waals surface area contributed by atoms with E-state index in [-0.39, 0.29) is 11.8 Å². The Morgan fingerprint density at radius 2 is 1.71 bits per heavy atom. The molecule has 35 heavy (non-hydrogen) atoms. The highest BCUT2D eigenvalue weighted by atomic mass is 16.6. The first-order valence-electron chi connectivity index (χ1n) is 11.8. The second-order valence-corrected chi connectivity index (χ2v) is 9.43. The van der Waals surface area contributed by atoms with Gasteiger partial charge in [0.1, 0.15) is 23.4 Å². The summed E-state index contributed by atoms with van der Waals surface area (Å²) in [6.45, 7) is 11.0. The predicted molar refractivity (Wildman–Crippen MR) is 136 cm³/mol. The molecule has 8 heteroatoms. The van der Waals surface area contributed by atoms with Crippen molar-refractivity contribution in [2.75, 3.05) is 19.0 Å². The molecule has 2 atom stereocenters. The van der Waals surface area contributed by atoms with Gasteiger partial charge in [0.25, 0.3) is 5.91 Å². The molecule has 190 valence electrons. The average Bonchev–Trinajstić information content (AvgIpc) is 2.77. The minimum absolute atomic E-state index is 0.327. The number of hydrogen-bond donors (Lipinski definition) is 2. The normalized spacial score (nSPS) is 12.8. The van der Waals surface area contributed by atoms with Gasteiger partial charge in [-0.2, -0.15) is 0 Å². The van der Waals surface area contributed by atoms with Crippen LogP contribution in [0.25, 0.3) is 0 Å². The van der Waals surface area contributed by atoms with Crippen LogP contribution < -0.4 is 15.4 Å². The highest BCUT2D eigenvalue weighted by Crippen LogP contribution is 2.26. The largest absolute Gasteiger partial charge is 0.497 e.